The number of hydrogen-bond acceptors (Lipinski definition) is 5. The maximum atomic E-state index is 13.7. The summed E-state index contributed by atoms with van der Waals surface area (Å²) < 4.78 is 19.1. The molecule has 0 saturated heterocycles. The van der Waals surface area contributed by atoms with Crippen molar-refractivity contribution in [1.82, 2.24) is 10.2 Å². The normalized spacial score (nSPS) is 10.7. The summed E-state index contributed by atoms with van der Waals surface area (Å²) in [5.74, 6) is -0.539. The van der Waals surface area contributed by atoms with Crippen LogP contribution in [-0.2, 0) is 4.79 Å². The number of anilines is 1. The lowest BCUT2D eigenvalue weighted by atomic mass is 10.2. The molecule has 1 aromatic heterocycles. The number of rotatable bonds is 5. The number of carbonyl (C=O) groups is 1. The highest BCUT2D eigenvalue weighted by atomic mass is 35.5. The highest BCUT2D eigenvalue weighted by molar-refractivity contribution is 7.99. The van der Waals surface area contributed by atoms with Gasteiger partial charge in [-0.3, -0.25) is 4.79 Å². The van der Waals surface area contributed by atoms with Crippen LogP contribution in [0.2, 0.25) is 5.02 Å². The standard InChI is InChI=1S/C17H13ClFN3O2S/c1-10-6-7-11(8-13(10)18)20-15(23)9-25-17-22-21-16(24-17)12-4-2-3-5-14(12)19/h2-8H,9H2,1H3,(H,20,23). The molecule has 0 saturated carbocycles. The van der Waals surface area contributed by atoms with Crippen molar-refractivity contribution in [3.63, 3.8) is 0 Å². The van der Waals surface area contributed by atoms with Gasteiger partial charge in [0, 0.05) is 10.7 Å². The molecule has 5 nitrogen and oxygen atoms in total. The lowest BCUT2D eigenvalue weighted by Gasteiger charge is -2.05. The molecule has 1 heterocycles. The van der Waals surface area contributed by atoms with Gasteiger partial charge in [-0.25, -0.2) is 4.39 Å². The van der Waals surface area contributed by atoms with E-state index in [1.165, 1.54) is 6.07 Å². The van der Waals surface area contributed by atoms with Crippen LogP contribution in [0.1, 0.15) is 5.56 Å². The smallest absolute Gasteiger partial charge is 0.277 e. The summed E-state index contributed by atoms with van der Waals surface area (Å²) in [7, 11) is 0. The Kier molecular flexibility index (Phi) is 5.35. The second-order valence-corrected chi connectivity index (χ2v) is 6.49. The third kappa shape index (κ3) is 4.37. The van der Waals surface area contributed by atoms with Crippen molar-refractivity contribution in [2.45, 2.75) is 12.1 Å². The third-order valence-corrected chi connectivity index (χ3v) is 4.52. The van der Waals surface area contributed by atoms with Crippen LogP contribution in [-0.4, -0.2) is 21.9 Å². The fraction of sp³-hybridized carbons (Fsp3) is 0.118. The van der Waals surface area contributed by atoms with Crippen LogP contribution in [0.25, 0.3) is 11.5 Å². The van der Waals surface area contributed by atoms with E-state index in [1.54, 1.807) is 30.3 Å². The van der Waals surface area contributed by atoms with E-state index >= 15 is 0 Å². The summed E-state index contributed by atoms with van der Waals surface area (Å²) in [6.45, 7) is 1.88. The average molecular weight is 378 g/mol. The Hall–Kier alpha value is -2.38. The Labute approximate surface area is 152 Å². The zero-order chi connectivity index (χ0) is 17.8. The van der Waals surface area contributed by atoms with Gasteiger partial charge in [0.1, 0.15) is 5.82 Å². The molecule has 0 fully saturated rings. The molecular formula is C17H13ClFN3O2S. The van der Waals surface area contributed by atoms with Gasteiger partial charge >= 0.3 is 0 Å². The number of hydrogen-bond donors (Lipinski definition) is 1. The predicted octanol–water partition coefficient (Wildman–Crippen LogP) is 4.57. The van der Waals surface area contributed by atoms with E-state index in [0.717, 1.165) is 17.3 Å². The first kappa shape index (κ1) is 17.4. The number of nitrogens with one attached hydrogen (secondary N) is 1. The van der Waals surface area contributed by atoms with E-state index < -0.39 is 5.82 Å². The van der Waals surface area contributed by atoms with E-state index in [-0.39, 0.29) is 28.3 Å². The number of carbonyl (C=O) groups excluding carboxylic acids is 1. The molecule has 8 heteroatoms. The van der Waals surface area contributed by atoms with Gasteiger partial charge in [-0.05, 0) is 36.8 Å². The number of nitrogens with zero attached hydrogens (tertiary/aromatic N) is 2. The fourth-order valence-electron chi connectivity index (χ4n) is 2.01. The lowest BCUT2D eigenvalue weighted by molar-refractivity contribution is -0.113. The molecule has 0 bridgehead atoms. The number of aryl methyl sites for hydroxylation is 1. The van der Waals surface area contributed by atoms with Gasteiger partial charge in [-0.15, -0.1) is 10.2 Å². The van der Waals surface area contributed by atoms with Crippen LogP contribution in [0, 0.1) is 12.7 Å². The second-order valence-electron chi connectivity index (χ2n) is 5.15. The zero-order valence-corrected chi connectivity index (χ0v) is 14.7. The van der Waals surface area contributed by atoms with Gasteiger partial charge < -0.3 is 9.73 Å². The van der Waals surface area contributed by atoms with Gasteiger partial charge in [0.2, 0.25) is 5.91 Å². The molecule has 0 spiro atoms. The Balaban J connectivity index is 1.59. The Morgan fingerprint density at radius 3 is 2.84 bits per heavy atom. The van der Waals surface area contributed by atoms with Crippen LogP contribution in [0.3, 0.4) is 0 Å². The summed E-state index contributed by atoms with van der Waals surface area (Å²) in [6, 6.07) is 11.4. The molecule has 0 aliphatic carbocycles. The molecule has 128 valence electrons. The monoisotopic (exact) mass is 377 g/mol. The first-order valence-electron chi connectivity index (χ1n) is 7.30. The van der Waals surface area contributed by atoms with Gasteiger partial charge in [-0.2, -0.15) is 0 Å². The van der Waals surface area contributed by atoms with Gasteiger partial charge in [0.05, 0.1) is 11.3 Å². The molecule has 0 unspecified atom stereocenters. The molecule has 2 aromatic carbocycles. The topological polar surface area (TPSA) is 68.0 Å². The minimum Gasteiger partial charge on any atom is -0.411 e. The average Bonchev–Trinajstić information content (AvgIpc) is 3.05. The van der Waals surface area contributed by atoms with Crippen molar-refractivity contribution in [3.8, 4) is 11.5 Å². The molecule has 1 amide bonds. The second kappa shape index (κ2) is 7.67. The molecule has 0 aliphatic rings. The van der Waals surface area contributed by atoms with E-state index in [0.29, 0.717) is 10.7 Å². The van der Waals surface area contributed by atoms with Crippen molar-refractivity contribution < 1.29 is 13.6 Å². The SMILES string of the molecule is Cc1ccc(NC(=O)CSc2nnc(-c3ccccc3F)o2)cc1Cl. The number of benzene rings is 2. The minimum atomic E-state index is -0.448. The van der Waals surface area contributed by atoms with Gasteiger partial charge in [0.15, 0.2) is 0 Å². The Morgan fingerprint density at radius 2 is 2.08 bits per heavy atom. The van der Waals surface area contributed by atoms with Gasteiger partial charge in [-0.1, -0.05) is 41.6 Å². The molecule has 3 aromatic rings. The van der Waals surface area contributed by atoms with Crippen LogP contribution < -0.4 is 5.32 Å². The van der Waals surface area contributed by atoms with E-state index in [4.69, 9.17) is 16.0 Å². The highest BCUT2D eigenvalue weighted by Gasteiger charge is 2.14. The van der Waals surface area contributed by atoms with Crippen molar-refractivity contribution in [2.75, 3.05) is 11.1 Å². The maximum absolute atomic E-state index is 13.7. The largest absolute Gasteiger partial charge is 0.411 e. The molecule has 3 rings (SSSR count). The molecule has 0 atom stereocenters. The maximum Gasteiger partial charge on any atom is 0.277 e. The van der Waals surface area contributed by atoms with E-state index in [9.17, 15) is 9.18 Å². The molecule has 0 aliphatic heterocycles. The Morgan fingerprint density at radius 1 is 1.28 bits per heavy atom. The number of amides is 1. The molecule has 0 radical (unpaired) electrons. The quantitative estimate of drug-likeness (QED) is 0.660. The molecular weight excluding hydrogens is 365 g/mol. The molecule has 1 N–H and O–H groups in total. The van der Waals surface area contributed by atoms with Crippen LogP contribution in [0.5, 0.6) is 0 Å². The first-order chi connectivity index (χ1) is 12.0. The summed E-state index contributed by atoms with van der Waals surface area (Å²) in [4.78, 5) is 12.0. The van der Waals surface area contributed by atoms with Gasteiger partial charge in [0.25, 0.3) is 11.1 Å². The van der Waals surface area contributed by atoms with Crippen molar-refractivity contribution in [3.05, 3.63) is 58.9 Å². The van der Waals surface area contributed by atoms with Crippen LogP contribution >= 0.6 is 23.4 Å². The Bertz CT molecular complexity index is 916. The van der Waals surface area contributed by atoms with Crippen LogP contribution in [0.15, 0.2) is 52.1 Å². The fourth-order valence-corrected chi connectivity index (χ4v) is 2.75. The lowest BCUT2D eigenvalue weighted by Crippen LogP contribution is -2.14. The van der Waals surface area contributed by atoms with Crippen molar-refractivity contribution in [1.29, 1.82) is 0 Å². The summed E-state index contributed by atoms with van der Waals surface area (Å²) in [6.07, 6.45) is 0. The summed E-state index contributed by atoms with van der Waals surface area (Å²) in [5.41, 5.74) is 1.76. The van der Waals surface area contributed by atoms with E-state index in [2.05, 4.69) is 15.5 Å². The van der Waals surface area contributed by atoms with Crippen molar-refractivity contribution in [2.24, 2.45) is 0 Å². The third-order valence-electron chi connectivity index (χ3n) is 3.29. The predicted molar refractivity (Wildman–Crippen MR) is 95.2 cm³/mol. The zero-order valence-electron chi connectivity index (χ0n) is 13.1. The summed E-state index contributed by atoms with van der Waals surface area (Å²) in [5, 5.41) is 11.1. The number of aromatic nitrogens is 2. The first-order valence-corrected chi connectivity index (χ1v) is 8.66. The number of halogens is 2. The van der Waals surface area contributed by atoms with Crippen molar-refractivity contribution >= 4 is 35.0 Å². The number of thioether (sulfide) groups is 1. The van der Waals surface area contributed by atoms with Crippen LogP contribution in [0.4, 0.5) is 10.1 Å². The van der Waals surface area contributed by atoms with E-state index in [1.807, 2.05) is 13.0 Å². The minimum absolute atomic E-state index is 0.0738. The highest BCUT2D eigenvalue weighted by Crippen LogP contribution is 2.25. The summed E-state index contributed by atoms with van der Waals surface area (Å²) >= 11 is 7.09. The molecule has 25 heavy (non-hydrogen) atoms.